The molecule has 2 aromatic rings. The first-order valence-electron chi connectivity index (χ1n) is 7.85. The Kier molecular flexibility index (Phi) is 7.20. The minimum absolute atomic E-state index is 0. The van der Waals surface area contributed by atoms with E-state index in [4.69, 9.17) is 5.73 Å². The molecule has 0 heterocycles. The molecule has 0 fully saturated rings. The number of aryl methyl sites for hydroxylation is 1. The number of sulfonamides is 1. The highest BCUT2D eigenvalue weighted by atomic mass is 35.5. The van der Waals surface area contributed by atoms with E-state index in [9.17, 15) is 13.2 Å². The maximum absolute atomic E-state index is 12.4. The third-order valence-electron chi connectivity index (χ3n) is 3.69. The van der Waals surface area contributed by atoms with E-state index in [2.05, 4.69) is 10.0 Å². The maximum Gasteiger partial charge on any atom is 0.261 e. The molecule has 0 aromatic heterocycles. The molecule has 0 aliphatic rings. The Morgan fingerprint density at radius 2 is 1.58 bits per heavy atom. The first kappa shape index (κ1) is 22.0. The molecule has 0 aliphatic carbocycles. The zero-order valence-corrected chi connectivity index (χ0v) is 16.6. The Morgan fingerprint density at radius 1 is 1.04 bits per heavy atom. The fourth-order valence-corrected chi connectivity index (χ4v) is 3.11. The van der Waals surface area contributed by atoms with Crippen molar-refractivity contribution in [3.05, 3.63) is 59.7 Å². The number of benzene rings is 2. The fraction of sp³-hybridized carbons (Fsp3) is 0.278. The number of rotatable bonds is 6. The van der Waals surface area contributed by atoms with Gasteiger partial charge in [0.15, 0.2) is 0 Å². The molecule has 8 heteroatoms. The molecule has 0 radical (unpaired) electrons. The van der Waals surface area contributed by atoms with Gasteiger partial charge in [-0.25, -0.2) is 8.42 Å². The molecule has 2 aromatic carbocycles. The van der Waals surface area contributed by atoms with Gasteiger partial charge in [0.2, 0.25) is 0 Å². The van der Waals surface area contributed by atoms with Crippen LogP contribution < -0.4 is 15.8 Å². The smallest absolute Gasteiger partial charge is 0.261 e. The van der Waals surface area contributed by atoms with Crippen molar-refractivity contribution >= 4 is 34.0 Å². The summed E-state index contributed by atoms with van der Waals surface area (Å²) in [7, 11) is -3.71. The molecule has 1 amide bonds. The summed E-state index contributed by atoms with van der Waals surface area (Å²) in [6.45, 7) is 5.85. The molecular weight excluding hydrogens is 374 g/mol. The predicted octanol–water partition coefficient (Wildman–Crippen LogP) is 2.68. The average molecular weight is 398 g/mol. The summed E-state index contributed by atoms with van der Waals surface area (Å²) in [6, 6.07) is 12.8. The Hall–Kier alpha value is -2.09. The second-order valence-corrected chi connectivity index (χ2v) is 8.22. The van der Waals surface area contributed by atoms with E-state index >= 15 is 0 Å². The van der Waals surface area contributed by atoms with Crippen LogP contribution in [-0.4, -0.2) is 26.4 Å². The Bertz CT molecular complexity index is 848. The van der Waals surface area contributed by atoms with Gasteiger partial charge in [0.1, 0.15) is 0 Å². The van der Waals surface area contributed by atoms with E-state index in [0.29, 0.717) is 17.8 Å². The maximum atomic E-state index is 12.4. The lowest BCUT2D eigenvalue weighted by Crippen LogP contribution is -2.48. The van der Waals surface area contributed by atoms with Gasteiger partial charge in [0.25, 0.3) is 15.9 Å². The average Bonchev–Trinajstić information content (AvgIpc) is 2.56. The Morgan fingerprint density at radius 3 is 2.08 bits per heavy atom. The molecule has 0 saturated carbocycles. The number of amides is 1. The lowest BCUT2D eigenvalue weighted by Gasteiger charge is -2.24. The van der Waals surface area contributed by atoms with E-state index in [1.54, 1.807) is 12.1 Å². The minimum atomic E-state index is -3.71. The number of nitrogens with two attached hydrogens (primary N) is 1. The summed E-state index contributed by atoms with van der Waals surface area (Å²) in [5.74, 6) is -0.300. The largest absolute Gasteiger partial charge is 0.346 e. The van der Waals surface area contributed by atoms with Crippen LogP contribution in [0.1, 0.15) is 29.8 Å². The van der Waals surface area contributed by atoms with Crippen LogP contribution in [0.15, 0.2) is 53.4 Å². The van der Waals surface area contributed by atoms with Gasteiger partial charge in [0.05, 0.1) is 4.90 Å². The summed E-state index contributed by atoms with van der Waals surface area (Å²) in [5, 5.41) is 2.80. The van der Waals surface area contributed by atoms with Crippen molar-refractivity contribution in [1.29, 1.82) is 0 Å². The highest BCUT2D eigenvalue weighted by Gasteiger charge is 2.20. The highest BCUT2D eigenvalue weighted by molar-refractivity contribution is 7.92. The lowest BCUT2D eigenvalue weighted by molar-refractivity contribution is 0.0915. The van der Waals surface area contributed by atoms with Gasteiger partial charge in [-0.05, 0) is 57.2 Å². The number of anilines is 1. The van der Waals surface area contributed by atoms with Crippen molar-refractivity contribution in [2.75, 3.05) is 11.3 Å². The van der Waals surface area contributed by atoms with Crippen molar-refractivity contribution in [2.24, 2.45) is 5.73 Å². The number of nitrogens with one attached hydrogen (secondary N) is 2. The van der Waals surface area contributed by atoms with E-state index in [-0.39, 0.29) is 23.2 Å². The lowest BCUT2D eigenvalue weighted by atomic mass is 10.1. The molecular formula is C18H24ClN3O3S. The molecule has 4 N–H and O–H groups in total. The van der Waals surface area contributed by atoms with Crippen molar-refractivity contribution < 1.29 is 13.2 Å². The van der Waals surface area contributed by atoms with Crippen molar-refractivity contribution in [3.8, 4) is 0 Å². The standard InChI is InChI=1S/C18H23N3O3S.ClH/c1-13-4-8-15(9-5-13)21-25(23,24)16-10-6-14(7-11-16)17(22)20-18(2,3)12-19;/h4-11,21H,12,19H2,1-3H3,(H,20,22);1H. The molecule has 0 unspecified atom stereocenters. The van der Waals surface area contributed by atoms with E-state index in [1.807, 2.05) is 32.9 Å². The summed E-state index contributed by atoms with van der Waals surface area (Å²) in [6.07, 6.45) is 0. The van der Waals surface area contributed by atoms with Crippen LogP contribution in [0.4, 0.5) is 5.69 Å². The summed E-state index contributed by atoms with van der Waals surface area (Å²) < 4.78 is 27.3. The van der Waals surface area contributed by atoms with Crippen LogP contribution in [-0.2, 0) is 10.0 Å². The monoisotopic (exact) mass is 397 g/mol. The number of carbonyl (C=O) groups is 1. The normalized spacial score (nSPS) is 11.4. The summed E-state index contributed by atoms with van der Waals surface area (Å²) in [5.41, 5.74) is 6.96. The van der Waals surface area contributed by atoms with Gasteiger partial charge < -0.3 is 11.1 Å². The third kappa shape index (κ3) is 5.72. The molecule has 0 saturated heterocycles. The second kappa shape index (κ2) is 8.53. The van der Waals surface area contributed by atoms with Crippen LogP contribution >= 0.6 is 12.4 Å². The highest BCUT2D eigenvalue weighted by Crippen LogP contribution is 2.17. The SMILES string of the molecule is Cc1ccc(NS(=O)(=O)c2ccc(C(=O)NC(C)(C)CN)cc2)cc1.Cl. The molecule has 0 spiro atoms. The molecule has 0 aliphatic heterocycles. The van der Waals surface area contributed by atoms with Gasteiger partial charge in [-0.1, -0.05) is 17.7 Å². The molecule has 6 nitrogen and oxygen atoms in total. The van der Waals surface area contributed by atoms with E-state index in [1.165, 1.54) is 24.3 Å². The van der Waals surface area contributed by atoms with Crippen LogP contribution in [0.5, 0.6) is 0 Å². The van der Waals surface area contributed by atoms with E-state index in [0.717, 1.165) is 5.56 Å². The van der Waals surface area contributed by atoms with Crippen molar-refractivity contribution in [3.63, 3.8) is 0 Å². The van der Waals surface area contributed by atoms with E-state index < -0.39 is 15.6 Å². The minimum Gasteiger partial charge on any atom is -0.346 e. The first-order chi connectivity index (χ1) is 11.6. The number of carbonyl (C=O) groups excluding carboxylic acids is 1. The molecule has 0 atom stereocenters. The Labute approximate surface area is 160 Å². The van der Waals surface area contributed by atoms with Crippen LogP contribution in [0.2, 0.25) is 0 Å². The zero-order valence-electron chi connectivity index (χ0n) is 14.9. The topological polar surface area (TPSA) is 101 Å². The first-order valence-corrected chi connectivity index (χ1v) is 9.33. The van der Waals surface area contributed by atoms with Crippen molar-refractivity contribution in [2.45, 2.75) is 31.2 Å². The van der Waals surface area contributed by atoms with Crippen LogP contribution in [0.3, 0.4) is 0 Å². The van der Waals surface area contributed by atoms with Crippen LogP contribution in [0.25, 0.3) is 0 Å². The molecule has 2 rings (SSSR count). The number of halogens is 1. The number of hydrogen-bond donors (Lipinski definition) is 3. The Balaban J connectivity index is 0.00000338. The third-order valence-corrected chi connectivity index (χ3v) is 5.09. The number of hydrogen-bond acceptors (Lipinski definition) is 4. The summed E-state index contributed by atoms with van der Waals surface area (Å²) in [4.78, 5) is 12.3. The van der Waals surface area contributed by atoms with Crippen LogP contribution in [0, 0.1) is 6.92 Å². The molecule has 26 heavy (non-hydrogen) atoms. The van der Waals surface area contributed by atoms with Crippen molar-refractivity contribution in [1.82, 2.24) is 5.32 Å². The second-order valence-electron chi connectivity index (χ2n) is 6.54. The molecule has 0 bridgehead atoms. The predicted molar refractivity (Wildman–Crippen MR) is 106 cm³/mol. The molecule has 142 valence electrons. The van der Waals surface area contributed by atoms with Gasteiger partial charge in [-0.15, -0.1) is 12.4 Å². The van der Waals surface area contributed by atoms with Gasteiger partial charge in [-0.2, -0.15) is 0 Å². The van der Waals surface area contributed by atoms with Gasteiger partial charge in [-0.3, -0.25) is 9.52 Å². The quantitative estimate of drug-likeness (QED) is 0.697. The van der Waals surface area contributed by atoms with Gasteiger partial charge in [0, 0.05) is 23.3 Å². The zero-order chi connectivity index (χ0) is 18.7. The van der Waals surface area contributed by atoms with Gasteiger partial charge >= 0.3 is 0 Å². The summed E-state index contributed by atoms with van der Waals surface area (Å²) >= 11 is 0. The fourth-order valence-electron chi connectivity index (χ4n) is 2.05.